The van der Waals surface area contributed by atoms with Gasteiger partial charge in [0.2, 0.25) is 5.91 Å². The molecule has 0 aliphatic carbocycles. The van der Waals surface area contributed by atoms with Crippen molar-refractivity contribution in [3.8, 4) is 0 Å². The van der Waals surface area contributed by atoms with Crippen molar-refractivity contribution in [2.75, 3.05) is 19.7 Å². The topological polar surface area (TPSA) is 79.8 Å². The fourth-order valence-corrected chi connectivity index (χ4v) is 2.29. The minimum atomic E-state index is -0.0438. The molecule has 0 unspecified atom stereocenters. The molecule has 1 rings (SSSR count). The molecule has 0 saturated heterocycles. The number of amides is 2. The molecule has 1 aromatic carbocycles. The highest BCUT2D eigenvalue weighted by molar-refractivity contribution is 6.00. The van der Waals surface area contributed by atoms with E-state index in [1.54, 1.807) is 12.1 Å². The molecule has 0 atom stereocenters. The van der Waals surface area contributed by atoms with Crippen molar-refractivity contribution in [3.05, 3.63) is 35.4 Å². The van der Waals surface area contributed by atoms with Crippen molar-refractivity contribution < 1.29 is 14.4 Å². The summed E-state index contributed by atoms with van der Waals surface area (Å²) in [5.74, 6) is -0.0597. The summed E-state index contributed by atoms with van der Waals surface area (Å²) in [7, 11) is 0. The Labute approximate surface area is 156 Å². The lowest BCUT2D eigenvalue weighted by Crippen LogP contribution is -2.24. The molecular weight excluding hydrogens is 330 g/mol. The van der Waals surface area contributed by atoms with Gasteiger partial charge in [-0.1, -0.05) is 37.1 Å². The van der Waals surface area contributed by atoms with Gasteiger partial charge in [0.25, 0.3) is 5.91 Å². The molecule has 0 fully saturated rings. The van der Waals surface area contributed by atoms with Crippen LogP contribution in [0.2, 0.25) is 0 Å². The Morgan fingerprint density at radius 2 is 1.54 bits per heavy atom. The average molecular weight is 361 g/mol. The van der Waals surface area contributed by atoms with Crippen molar-refractivity contribution in [1.82, 2.24) is 10.6 Å². The predicted octanol–water partition coefficient (Wildman–Crippen LogP) is 3.26. The average Bonchev–Trinajstić information content (AvgIpc) is 2.64. The van der Waals surface area contributed by atoms with Gasteiger partial charge in [0, 0.05) is 25.6 Å². The zero-order valence-corrected chi connectivity index (χ0v) is 16.1. The lowest BCUT2D eigenvalue weighted by Gasteiger charge is -2.06. The molecule has 2 N–H and O–H groups in total. The number of rotatable bonds is 12. The predicted molar refractivity (Wildman–Crippen MR) is 104 cm³/mol. The molecule has 0 bridgehead atoms. The van der Waals surface area contributed by atoms with Gasteiger partial charge < -0.3 is 15.5 Å². The van der Waals surface area contributed by atoms with E-state index in [0.29, 0.717) is 25.3 Å². The number of nitrogens with one attached hydrogen (secondary N) is 2. The van der Waals surface area contributed by atoms with Crippen molar-refractivity contribution in [3.63, 3.8) is 0 Å². The van der Waals surface area contributed by atoms with Crippen LogP contribution in [0.5, 0.6) is 0 Å². The Bertz CT molecular complexity index is 582. The van der Waals surface area contributed by atoms with Crippen molar-refractivity contribution in [2.24, 2.45) is 5.16 Å². The molecule has 26 heavy (non-hydrogen) atoms. The van der Waals surface area contributed by atoms with E-state index in [1.807, 2.05) is 19.1 Å². The van der Waals surface area contributed by atoms with Gasteiger partial charge >= 0.3 is 0 Å². The number of carbonyl (C=O) groups is 2. The molecular formula is C20H31N3O3. The minimum absolute atomic E-state index is 0.0159. The Morgan fingerprint density at radius 1 is 0.923 bits per heavy atom. The first-order valence-corrected chi connectivity index (χ1v) is 9.34. The summed E-state index contributed by atoms with van der Waals surface area (Å²) in [5, 5.41) is 9.77. The Morgan fingerprint density at radius 3 is 2.19 bits per heavy atom. The van der Waals surface area contributed by atoms with Gasteiger partial charge in [0.05, 0.1) is 5.71 Å². The van der Waals surface area contributed by atoms with Crippen LogP contribution in [0.25, 0.3) is 0 Å². The molecule has 0 radical (unpaired) electrons. The van der Waals surface area contributed by atoms with Crippen LogP contribution in [0.15, 0.2) is 29.4 Å². The smallest absolute Gasteiger partial charge is 0.251 e. The first-order valence-electron chi connectivity index (χ1n) is 9.34. The van der Waals surface area contributed by atoms with Gasteiger partial charge in [-0.3, -0.25) is 9.59 Å². The fourth-order valence-electron chi connectivity index (χ4n) is 2.29. The highest BCUT2D eigenvalue weighted by Gasteiger charge is 2.05. The number of nitrogens with zero attached hydrogens (tertiary/aromatic N) is 1. The lowest BCUT2D eigenvalue weighted by atomic mass is 10.1. The zero-order chi connectivity index (χ0) is 19.2. The third-order valence-electron chi connectivity index (χ3n) is 3.87. The van der Waals surface area contributed by atoms with Crippen LogP contribution in [-0.2, 0) is 9.63 Å². The van der Waals surface area contributed by atoms with Crippen molar-refractivity contribution >= 4 is 17.5 Å². The Balaban J connectivity index is 2.34. The van der Waals surface area contributed by atoms with Gasteiger partial charge in [-0.25, -0.2) is 0 Å². The Hall–Kier alpha value is -2.37. The molecule has 0 heterocycles. The van der Waals surface area contributed by atoms with Crippen LogP contribution in [0, 0.1) is 0 Å². The van der Waals surface area contributed by atoms with E-state index in [9.17, 15) is 9.59 Å². The van der Waals surface area contributed by atoms with E-state index >= 15 is 0 Å². The first-order chi connectivity index (χ1) is 12.5. The second kappa shape index (κ2) is 12.9. The van der Waals surface area contributed by atoms with E-state index in [1.165, 1.54) is 6.92 Å². The summed E-state index contributed by atoms with van der Waals surface area (Å²) in [6.45, 7) is 7.39. The molecule has 0 spiro atoms. The van der Waals surface area contributed by atoms with E-state index in [2.05, 4.69) is 22.7 Å². The van der Waals surface area contributed by atoms with Crippen LogP contribution in [0.1, 0.15) is 68.8 Å². The number of carbonyl (C=O) groups excluding carboxylic acids is 2. The van der Waals surface area contributed by atoms with Crippen molar-refractivity contribution in [1.29, 1.82) is 0 Å². The molecule has 6 nitrogen and oxygen atoms in total. The normalized spacial score (nSPS) is 11.1. The summed E-state index contributed by atoms with van der Waals surface area (Å²) < 4.78 is 0. The maximum Gasteiger partial charge on any atom is 0.251 e. The second-order valence-electron chi connectivity index (χ2n) is 6.24. The molecule has 0 aliphatic rings. The quantitative estimate of drug-likeness (QED) is 0.341. The molecule has 0 saturated carbocycles. The third kappa shape index (κ3) is 9.20. The molecule has 0 aromatic heterocycles. The summed E-state index contributed by atoms with van der Waals surface area (Å²) in [4.78, 5) is 28.1. The highest BCUT2D eigenvalue weighted by atomic mass is 16.6. The Kier molecular flexibility index (Phi) is 10.8. The maximum absolute atomic E-state index is 12.0. The van der Waals surface area contributed by atoms with Gasteiger partial charge in [-0.2, -0.15) is 0 Å². The summed E-state index contributed by atoms with van der Waals surface area (Å²) in [6, 6.07) is 7.35. The van der Waals surface area contributed by atoms with Crippen LogP contribution in [0.4, 0.5) is 0 Å². The monoisotopic (exact) mass is 361 g/mol. The van der Waals surface area contributed by atoms with Crippen LogP contribution in [-0.4, -0.2) is 37.2 Å². The first kappa shape index (κ1) is 21.7. The minimum Gasteiger partial charge on any atom is -0.396 e. The highest BCUT2D eigenvalue weighted by Crippen LogP contribution is 2.07. The summed E-state index contributed by atoms with van der Waals surface area (Å²) in [6.07, 6.45) is 4.96. The van der Waals surface area contributed by atoms with Crippen LogP contribution < -0.4 is 10.6 Å². The molecule has 144 valence electrons. The van der Waals surface area contributed by atoms with E-state index in [4.69, 9.17) is 4.84 Å². The van der Waals surface area contributed by atoms with E-state index in [-0.39, 0.29) is 11.8 Å². The standard InChI is InChI=1S/C20H31N3O3/c1-4-5-6-14-22-20(25)19-11-9-18(10-12-19)16(2)23-26-15-8-7-13-21-17(3)24/h9-12H,4-8,13-15H2,1-3H3,(H,21,24)(H,22,25)/b23-16+. The van der Waals surface area contributed by atoms with Crippen LogP contribution in [0.3, 0.4) is 0 Å². The van der Waals surface area contributed by atoms with E-state index in [0.717, 1.165) is 43.4 Å². The number of hydrogen-bond donors (Lipinski definition) is 2. The lowest BCUT2D eigenvalue weighted by molar-refractivity contribution is -0.118. The molecule has 2 amide bonds. The van der Waals surface area contributed by atoms with Crippen LogP contribution >= 0.6 is 0 Å². The van der Waals surface area contributed by atoms with Crippen molar-refractivity contribution in [2.45, 2.75) is 52.9 Å². The largest absolute Gasteiger partial charge is 0.396 e. The second-order valence-corrected chi connectivity index (χ2v) is 6.24. The van der Waals surface area contributed by atoms with Gasteiger partial charge in [0.15, 0.2) is 0 Å². The molecule has 0 aliphatic heterocycles. The summed E-state index contributed by atoms with van der Waals surface area (Å²) >= 11 is 0. The van der Waals surface area contributed by atoms with Gasteiger partial charge in [0.1, 0.15) is 6.61 Å². The number of benzene rings is 1. The number of unbranched alkanes of at least 4 members (excludes halogenated alkanes) is 3. The third-order valence-corrected chi connectivity index (χ3v) is 3.87. The SMILES string of the molecule is CCCCCNC(=O)c1ccc(/C(C)=N/OCCCCNC(C)=O)cc1. The maximum atomic E-state index is 12.0. The number of oxime groups is 1. The van der Waals surface area contributed by atoms with Gasteiger partial charge in [-0.15, -0.1) is 0 Å². The molecule has 1 aromatic rings. The molecule has 6 heteroatoms. The number of hydrogen-bond acceptors (Lipinski definition) is 4. The summed E-state index contributed by atoms with van der Waals surface area (Å²) in [5.41, 5.74) is 2.34. The van der Waals surface area contributed by atoms with Gasteiger partial charge in [-0.05, 0) is 43.9 Å². The van der Waals surface area contributed by atoms with E-state index < -0.39 is 0 Å². The zero-order valence-electron chi connectivity index (χ0n) is 16.1. The fraction of sp³-hybridized carbons (Fsp3) is 0.550.